The van der Waals surface area contributed by atoms with Crippen molar-refractivity contribution < 1.29 is 8.42 Å². The van der Waals surface area contributed by atoms with E-state index in [0.717, 1.165) is 32.4 Å². The van der Waals surface area contributed by atoms with E-state index in [-0.39, 0.29) is 11.1 Å². The number of hydrogen-bond acceptors (Lipinski definition) is 4. The summed E-state index contributed by atoms with van der Waals surface area (Å²) < 4.78 is 26.9. The van der Waals surface area contributed by atoms with Crippen LogP contribution in [0.3, 0.4) is 0 Å². The minimum Gasteiger partial charge on any atom is -0.332 e. The lowest BCUT2D eigenvalue weighted by Crippen LogP contribution is -2.48. The van der Waals surface area contributed by atoms with E-state index in [1.807, 2.05) is 6.92 Å². The van der Waals surface area contributed by atoms with Gasteiger partial charge in [-0.3, -0.25) is 0 Å². The Morgan fingerprint density at radius 3 is 2.84 bits per heavy atom. The van der Waals surface area contributed by atoms with E-state index >= 15 is 0 Å². The highest BCUT2D eigenvalue weighted by Gasteiger charge is 2.32. The Morgan fingerprint density at radius 1 is 1.53 bits per heavy atom. The van der Waals surface area contributed by atoms with Crippen LogP contribution in [0, 0.1) is 6.92 Å². The van der Waals surface area contributed by atoms with E-state index in [4.69, 9.17) is 0 Å². The molecule has 1 aliphatic heterocycles. The molecule has 2 rings (SSSR count). The molecule has 0 amide bonds. The quantitative estimate of drug-likeness (QED) is 0.842. The Morgan fingerprint density at radius 2 is 2.32 bits per heavy atom. The number of nitrogens with one attached hydrogen (secondary N) is 2. The molecule has 1 fully saturated rings. The minimum atomic E-state index is -3.47. The van der Waals surface area contributed by atoms with Gasteiger partial charge < -0.3 is 10.3 Å². The molecular formula is C12H22N4O2S. The van der Waals surface area contributed by atoms with Crippen molar-refractivity contribution in [1.29, 1.82) is 0 Å². The van der Waals surface area contributed by atoms with Crippen molar-refractivity contribution in [2.24, 2.45) is 0 Å². The molecule has 7 heteroatoms. The van der Waals surface area contributed by atoms with Crippen LogP contribution in [-0.4, -0.2) is 48.4 Å². The van der Waals surface area contributed by atoms with Gasteiger partial charge in [-0.05, 0) is 32.7 Å². The standard InChI is InChI=1S/C12H22N4O2S/c1-3-7-16(11-5-4-6-13-8-11)19(17,18)12-9-14-10(2)15-12/h9,11,13H,3-8H2,1-2H3,(H,14,15). The first kappa shape index (κ1) is 14.5. The first-order valence-corrected chi connectivity index (χ1v) is 8.24. The molecule has 1 aliphatic rings. The topological polar surface area (TPSA) is 78.1 Å². The molecule has 1 aromatic rings. The summed E-state index contributed by atoms with van der Waals surface area (Å²) in [5, 5.41) is 3.47. The van der Waals surface area contributed by atoms with Crippen molar-refractivity contribution in [3.63, 3.8) is 0 Å². The highest BCUT2D eigenvalue weighted by molar-refractivity contribution is 7.89. The van der Waals surface area contributed by atoms with E-state index < -0.39 is 10.0 Å². The Balaban J connectivity index is 2.26. The molecule has 1 atom stereocenters. The summed E-state index contributed by atoms with van der Waals surface area (Å²) >= 11 is 0. The highest BCUT2D eigenvalue weighted by Crippen LogP contribution is 2.20. The zero-order valence-electron chi connectivity index (χ0n) is 11.5. The molecule has 2 heterocycles. The van der Waals surface area contributed by atoms with Crippen molar-refractivity contribution in [2.75, 3.05) is 19.6 Å². The summed E-state index contributed by atoms with van der Waals surface area (Å²) in [5.41, 5.74) is 0. The average molecular weight is 286 g/mol. The first-order valence-electron chi connectivity index (χ1n) is 6.80. The summed E-state index contributed by atoms with van der Waals surface area (Å²) in [6.45, 7) is 6.00. The second kappa shape index (κ2) is 6.02. The molecule has 1 saturated heterocycles. The monoisotopic (exact) mass is 286 g/mol. The number of rotatable bonds is 5. The number of sulfonamides is 1. The lowest BCUT2D eigenvalue weighted by atomic mass is 10.1. The molecule has 1 aromatic heterocycles. The maximum Gasteiger partial charge on any atom is 0.260 e. The van der Waals surface area contributed by atoms with Crippen LogP contribution in [0.5, 0.6) is 0 Å². The number of aryl methyl sites for hydroxylation is 1. The predicted molar refractivity (Wildman–Crippen MR) is 73.4 cm³/mol. The molecule has 1 unspecified atom stereocenters. The molecule has 6 nitrogen and oxygen atoms in total. The van der Waals surface area contributed by atoms with Gasteiger partial charge in [0.25, 0.3) is 10.0 Å². The number of nitrogens with zero attached hydrogens (tertiary/aromatic N) is 2. The third-order valence-electron chi connectivity index (χ3n) is 3.39. The molecule has 0 bridgehead atoms. The molecule has 0 spiro atoms. The summed E-state index contributed by atoms with van der Waals surface area (Å²) in [7, 11) is -3.47. The van der Waals surface area contributed by atoms with Gasteiger partial charge in [0.05, 0.1) is 6.20 Å². The van der Waals surface area contributed by atoms with Gasteiger partial charge in [0.1, 0.15) is 5.82 Å². The molecule has 0 saturated carbocycles. The van der Waals surface area contributed by atoms with E-state index in [9.17, 15) is 8.42 Å². The van der Waals surface area contributed by atoms with Crippen LogP contribution in [0.2, 0.25) is 0 Å². The Kier molecular flexibility index (Phi) is 4.59. The Bertz CT molecular complexity index is 506. The fourth-order valence-corrected chi connectivity index (χ4v) is 4.16. The van der Waals surface area contributed by atoms with Crippen LogP contribution in [0.4, 0.5) is 0 Å². The maximum atomic E-state index is 12.7. The highest BCUT2D eigenvalue weighted by atomic mass is 32.2. The smallest absolute Gasteiger partial charge is 0.260 e. The predicted octanol–water partition coefficient (Wildman–Crippen LogP) is 0.871. The summed E-state index contributed by atoms with van der Waals surface area (Å²) in [6, 6.07) is 0.0438. The van der Waals surface area contributed by atoms with E-state index in [1.165, 1.54) is 6.20 Å². The van der Waals surface area contributed by atoms with Crippen LogP contribution >= 0.6 is 0 Å². The number of imidazole rings is 1. The number of H-pyrrole nitrogens is 1. The van der Waals surface area contributed by atoms with Crippen molar-refractivity contribution >= 4 is 10.0 Å². The van der Waals surface area contributed by atoms with Crippen LogP contribution in [0.15, 0.2) is 11.2 Å². The SMILES string of the molecule is CCCN(C1CCCNC1)S(=O)(=O)c1cnc(C)[nH]1. The lowest BCUT2D eigenvalue weighted by molar-refractivity contribution is 0.265. The fraction of sp³-hybridized carbons (Fsp3) is 0.750. The van der Waals surface area contributed by atoms with Crippen molar-refractivity contribution in [3.05, 3.63) is 12.0 Å². The molecule has 19 heavy (non-hydrogen) atoms. The minimum absolute atomic E-state index is 0.0438. The largest absolute Gasteiger partial charge is 0.332 e. The van der Waals surface area contributed by atoms with Crippen molar-refractivity contribution in [2.45, 2.75) is 44.2 Å². The third kappa shape index (κ3) is 3.16. The maximum absolute atomic E-state index is 12.7. The van der Waals surface area contributed by atoms with E-state index in [0.29, 0.717) is 12.4 Å². The molecule has 108 valence electrons. The average Bonchev–Trinajstić information content (AvgIpc) is 2.84. The van der Waals surface area contributed by atoms with Gasteiger partial charge in [-0.2, -0.15) is 4.31 Å². The second-order valence-electron chi connectivity index (χ2n) is 4.95. The molecule has 2 N–H and O–H groups in total. The van der Waals surface area contributed by atoms with Crippen LogP contribution < -0.4 is 5.32 Å². The van der Waals surface area contributed by atoms with Gasteiger partial charge in [0, 0.05) is 19.1 Å². The van der Waals surface area contributed by atoms with E-state index in [2.05, 4.69) is 15.3 Å². The van der Waals surface area contributed by atoms with Gasteiger partial charge in [-0.1, -0.05) is 6.92 Å². The molecule has 0 aromatic carbocycles. The fourth-order valence-electron chi connectivity index (χ4n) is 2.45. The van der Waals surface area contributed by atoms with Gasteiger partial charge in [-0.15, -0.1) is 0 Å². The normalized spacial score (nSPS) is 20.9. The number of aromatic amines is 1. The van der Waals surface area contributed by atoms with Gasteiger partial charge in [0.2, 0.25) is 0 Å². The molecular weight excluding hydrogens is 264 g/mol. The summed E-state index contributed by atoms with van der Waals surface area (Å²) in [5.74, 6) is 0.622. The summed E-state index contributed by atoms with van der Waals surface area (Å²) in [4.78, 5) is 6.83. The van der Waals surface area contributed by atoms with Crippen LogP contribution in [-0.2, 0) is 10.0 Å². The number of piperidine rings is 1. The Hall–Kier alpha value is -0.920. The molecule has 0 aliphatic carbocycles. The lowest BCUT2D eigenvalue weighted by Gasteiger charge is -2.33. The van der Waals surface area contributed by atoms with Gasteiger partial charge >= 0.3 is 0 Å². The third-order valence-corrected chi connectivity index (χ3v) is 5.25. The van der Waals surface area contributed by atoms with Gasteiger partial charge in [0.15, 0.2) is 5.03 Å². The van der Waals surface area contributed by atoms with Crippen LogP contribution in [0.1, 0.15) is 32.0 Å². The summed E-state index contributed by atoms with van der Waals surface area (Å²) in [6.07, 6.45) is 4.15. The number of aromatic nitrogens is 2. The van der Waals surface area contributed by atoms with E-state index in [1.54, 1.807) is 11.2 Å². The second-order valence-corrected chi connectivity index (χ2v) is 6.81. The van der Waals surface area contributed by atoms with Crippen molar-refractivity contribution in [3.8, 4) is 0 Å². The van der Waals surface area contributed by atoms with Gasteiger partial charge in [-0.25, -0.2) is 13.4 Å². The number of hydrogen-bond donors (Lipinski definition) is 2. The van der Waals surface area contributed by atoms with Crippen LogP contribution in [0.25, 0.3) is 0 Å². The zero-order valence-corrected chi connectivity index (χ0v) is 12.3. The first-order chi connectivity index (χ1) is 9.05. The molecule has 0 radical (unpaired) electrons. The van der Waals surface area contributed by atoms with Crippen molar-refractivity contribution in [1.82, 2.24) is 19.6 Å². The zero-order chi connectivity index (χ0) is 13.9. The Labute approximate surface area is 114 Å².